The molecule has 21 heavy (non-hydrogen) atoms. The van der Waals surface area contributed by atoms with Crippen LogP contribution in [0.2, 0.25) is 0 Å². The lowest BCUT2D eigenvalue weighted by Gasteiger charge is -2.47. The minimum absolute atomic E-state index is 0.525. The third-order valence-corrected chi connectivity index (χ3v) is 5.25. The van der Waals surface area contributed by atoms with Gasteiger partial charge in [0.2, 0.25) is 0 Å². The highest BCUT2D eigenvalue weighted by Crippen LogP contribution is 2.34. The van der Waals surface area contributed by atoms with Crippen LogP contribution in [0.3, 0.4) is 0 Å². The van der Waals surface area contributed by atoms with E-state index < -0.39 is 0 Å². The number of piperidine rings is 2. The van der Waals surface area contributed by atoms with E-state index in [9.17, 15) is 0 Å². The molecular formula is C17H22N4. The standard InChI is InChI=1S/C17H22N4/c1-21-14-6-4-7-15(21)10-13(9-14)19-17-16-8-3-2-5-12(16)11-18-20-17/h2-3,5,8,11,13-15H,4,6-7,9-10H2,1H3,(H,19,20). The molecule has 1 aromatic heterocycles. The molecule has 2 unspecified atom stereocenters. The summed E-state index contributed by atoms with van der Waals surface area (Å²) in [6, 6.07) is 10.3. The van der Waals surface area contributed by atoms with Gasteiger partial charge in [-0.15, -0.1) is 5.10 Å². The molecule has 110 valence electrons. The lowest BCUT2D eigenvalue weighted by molar-refractivity contribution is 0.0608. The topological polar surface area (TPSA) is 41.0 Å². The van der Waals surface area contributed by atoms with E-state index in [1.54, 1.807) is 0 Å². The lowest BCUT2D eigenvalue weighted by atomic mass is 9.82. The maximum atomic E-state index is 4.34. The number of rotatable bonds is 2. The Morgan fingerprint density at radius 2 is 1.90 bits per heavy atom. The van der Waals surface area contributed by atoms with Gasteiger partial charge in [0.25, 0.3) is 0 Å². The highest BCUT2D eigenvalue weighted by molar-refractivity contribution is 5.90. The van der Waals surface area contributed by atoms with Gasteiger partial charge in [-0.3, -0.25) is 0 Å². The van der Waals surface area contributed by atoms with Crippen molar-refractivity contribution < 1.29 is 0 Å². The van der Waals surface area contributed by atoms with Crippen LogP contribution in [0, 0.1) is 0 Å². The summed E-state index contributed by atoms with van der Waals surface area (Å²) in [5, 5.41) is 14.5. The van der Waals surface area contributed by atoms with Crippen molar-refractivity contribution in [1.82, 2.24) is 15.1 Å². The van der Waals surface area contributed by atoms with Crippen LogP contribution in [-0.2, 0) is 0 Å². The first-order valence-corrected chi connectivity index (χ1v) is 8.00. The van der Waals surface area contributed by atoms with Crippen LogP contribution in [0.15, 0.2) is 30.5 Å². The number of hydrogen-bond donors (Lipinski definition) is 1. The zero-order valence-electron chi connectivity index (χ0n) is 12.5. The molecule has 3 heterocycles. The second-order valence-corrected chi connectivity index (χ2v) is 6.50. The summed E-state index contributed by atoms with van der Waals surface area (Å²) < 4.78 is 0. The van der Waals surface area contributed by atoms with E-state index in [4.69, 9.17) is 0 Å². The fourth-order valence-electron chi connectivity index (χ4n) is 4.06. The minimum Gasteiger partial charge on any atom is -0.365 e. The third-order valence-electron chi connectivity index (χ3n) is 5.25. The van der Waals surface area contributed by atoms with Crippen LogP contribution in [0.1, 0.15) is 32.1 Å². The van der Waals surface area contributed by atoms with Crippen LogP contribution >= 0.6 is 0 Å². The lowest BCUT2D eigenvalue weighted by Crippen LogP contribution is -2.52. The van der Waals surface area contributed by atoms with E-state index in [2.05, 4.69) is 45.7 Å². The molecule has 0 saturated carbocycles. The van der Waals surface area contributed by atoms with Crippen molar-refractivity contribution in [3.05, 3.63) is 30.5 Å². The number of aromatic nitrogens is 2. The van der Waals surface area contributed by atoms with E-state index in [0.717, 1.165) is 23.3 Å². The van der Waals surface area contributed by atoms with Crippen LogP contribution in [0.4, 0.5) is 5.82 Å². The highest BCUT2D eigenvalue weighted by atomic mass is 15.2. The average Bonchev–Trinajstić information content (AvgIpc) is 2.49. The highest BCUT2D eigenvalue weighted by Gasteiger charge is 2.36. The molecule has 0 amide bonds. The minimum atomic E-state index is 0.525. The van der Waals surface area contributed by atoms with E-state index in [-0.39, 0.29) is 0 Å². The molecular weight excluding hydrogens is 260 g/mol. The Kier molecular flexibility index (Phi) is 3.26. The van der Waals surface area contributed by atoms with E-state index >= 15 is 0 Å². The molecule has 1 N–H and O–H groups in total. The molecule has 2 fully saturated rings. The van der Waals surface area contributed by atoms with Gasteiger partial charge in [-0.2, -0.15) is 5.10 Å². The molecule has 0 aliphatic carbocycles. The van der Waals surface area contributed by atoms with Crippen molar-refractivity contribution in [2.75, 3.05) is 12.4 Å². The number of anilines is 1. The van der Waals surface area contributed by atoms with Gasteiger partial charge in [0, 0.05) is 28.9 Å². The maximum absolute atomic E-state index is 4.34. The van der Waals surface area contributed by atoms with Crippen molar-refractivity contribution in [3.63, 3.8) is 0 Å². The smallest absolute Gasteiger partial charge is 0.156 e. The average molecular weight is 282 g/mol. The van der Waals surface area contributed by atoms with Crippen molar-refractivity contribution in [1.29, 1.82) is 0 Å². The molecule has 0 spiro atoms. The Morgan fingerprint density at radius 3 is 2.71 bits per heavy atom. The van der Waals surface area contributed by atoms with Crippen molar-refractivity contribution in [2.24, 2.45) is 0 Å². The Bertz CT molecular complexity index is 622. The fraction of sp³-hybridized carbons (Fsp3) is 0.529. The van der Waals surface area contributed by atoms with Gasteiger partial charge in [0.1, 0.15) is 0 Å². The SMILES string of the molecule is CN1C2CCCC1CC(Nc1nncc3ccccc13)C2. The predicted molar refractivity (Wildman–Crippen MR) is 85.4 cm³/mol. The van der Waals surface area contributed by atoms with Crippen LogP contribution in [-0.4, -0.2) is 40.3 Å². The number of hydrogen-bond acceptors (Lipinski definition) is 4. The van der Waals surface area contributed by atoms with Gasteiger partial charge < -0.3 is 10.2 Å². The molecule has 2 atom stereocenters. The van der Waals surface area contributed by atoms with Gasteiger partial charge in [-0.1, -0.05) is 30.7 Å². The maximum Gasteiger partial charge on any atom is 0.156 e. The van der Waals surface area contributed by atoms with Gasteiger partial charge in [0.15, 0.2) is 5.82 Å². The molecule has 2 aliphatic rings. The summed E-state index contributed by atoms with van der Waals surface area (Å²) in [6.45, 7) is 0. The monoisotopic (exact) mass is 282 g/mol. The van der Waals surface area contributed by atoms with Gasteiger partial charge in [0.05, 0.1) is 6.20 Å². The third kappa shape index (κ3) is 2.38. The first kappa shape index (κ1) is 13.0. The second kappa shape index (κ2) is 5.26. The molecule has 2 saturated heterocycles. The summed E-state index contributed by atoms with van der Waals surface area (Å²) in [4.78, 5) is 2.59. The van der Waals surface area contributed by atoms with E-state index in [0.29, 0.717) is 6.04 Å². The summed E-state index contributed by atoms with van der Waals surface area (Å²) in [5.41, 5.74) is 0. The molecule has 2 bridgehead atoms. The molecule has 4 rings (SSSR count). The summed E-state index contributed by atoms with van der Waals surface area (Å²) in [7, 11) is 2.29. The summed E-state index contributed by atoms with van der Waals surface area (Å²) in [5.74, 6) is 0.945. The van der Waals surface area contributed by atoms with Gasteiger partial charge in [-0.05, 0) is 32.7 Å². The van der Waals surface area contributed by atoms with E-state index in [1.807, 2.05) is 12.3 Å². The first-order chi connectivity index (χ1) is 10.3. The fourth-order valence-corrected chi connectivity index (χ4v) is 4.06. The molecule has 0 radical (unpaired) electrons. The quantitative estimate of drug-likeness (QED) is 0.919. The number of nitrogens with one attached hydrogen (secondary N) is 1. The number of nitrogens with zero attached hydrogens (tertiary/aromatic N) is 3. The van der Waals surface area contributed by atoms with Crippen molar-refractivity contribution in [2.45, 2.75) is 50.2 Å². The first-order valence-electron chi connectivity index (χ1n) is 8.00. The molecule has 2 aliphatic heterocycles. The molecule has 4 heteroatoms. The molecule has 1 aromatic carbocycles. The second-order valence-electron chi connectivity index (χ2n) is 6.50. The van der Waals surface area contributed by atoms with Crippen molar-refractivity contribution >= 4 is 16.6 Å². The Hall–Kier alpha value is -1.68. The van der Waals surface area contributed by atoms with Crippen molar-refractivity contribution in [3.8, 4) is 0 Å². The zero-order valence-corrected chi connectivity index (χ0v) is 12.5. The predicted octanol–water partition coefficient (Wildman–Crippen LogP) is 3.06. The largest absolute Gasteiger partial charge is 0.365 e. The van der Waals surface area contributed by atoms with Crippen LogP contribution < -0.4 is 5.32 Å². The Balaban J connectivity index is 1.58. The normalized spacial score (nSPS) is 29.5. The van der Waals surface area contributed by atoms with Gasteiger partial charge in [-0.25, -0.2) is 0 Å². The molecule has 4 nitrogen and oxygen atoms in total. The Morgan fingerprint density at radius 1 is 1.14 bits per heavy atom. The summed E-state index contributed by atoms with van der Waals surface area (Å²) in [6.07, 6.45) is 8.35. The van der Waals surface area contributed by atoms with E-state index in [1.165, 1.54) is 37.5 Å². The number of fused-ring (bicyclic) bond motifs is 3. The van der Waals surface area contributed by atoms with Gasteiger partial charge >= 0.3 is 0 Å². The number of benzene rings is 1. The van der Waals surface area contributed by atoms with Crippen LogP contribution in [0.25, 0.3) is 10.8 Å². The Labute approximate surface area is 125 Å². The summed E-state index contributed by atoms with van der Waals surface area (Å²) >= 11 is 0. The zero-order chi connectivity index (χ0) is 14.2. The van der Waals surface area contributed by atoms with Crippen LogP contribution in [0.5, 0.6) is 0 Å². The molecule has 2 aromatic rings.